The van der Waals surface area contributed by atoms with Gasteiger partial charge < -0.3 is 5.32 Å². The highest BCUT2D eigenvalue weighted by Gasteiger charge is 2.04. The fraction of sp³-hybridized carbons (Fsp3) is 0.571. The number of hydrogen-bond acceptors (Lipinski definition) is 5. The normalized spacial score (nSPS) is 9.73. The molecule has 1 rings (SSSR count). The van der Waals surface area contributed by atoms with Crippen LogP contribution in [0.3, 0.4) is 0 Å². The third-order valence-electron chi connectivity index (χ3n) is 1.39. The first kappa shape index (κ1) is 11.5. The lowest BCUT2D eigenvalue weighted by Crippen LogP contribution is -2.32. The number of carbonyl (C=O) groups excluding carboxylic acids is 1. The van der Waals surface area contributed by atoms with E-state index in [1.54, 1.807) is 0 Å². The number of aryl methyl sites for hydroxylation is 1. The van der Waals surface area contributed by atoms with Crippen molar-refractivity contribution in [2.24, 2.45) is 0 Å². The van der Waals surface area contributed by atoms with Crippen molar-refractivity contribution in [3.05, 3.63) is 0 Å². The van der Waals surface area contributed by atoms with Crippen molar-refractivity contribution in [1.82, 2.24) is 25.5 Å². The Hall–Kier alpha value is -1.57. The molecule has 0 spiro atoms. The van der Waals surface area contributed by atoms with Crippen LogP contribution in [0.2, 0.25) is 0 Å². The fourth-order valence-electron chi connectivity index (χ4n) is 0.881. The summed E-state index contributed by atoms with van der Waals surface area (Å²) in [4.78, 5) is 12.1. The molecule has 0 aromatic carbocycles. The summed E-state index contributed by atoms with van der Waals surface area (Å²) in [6.07, 6.45) is 0.923. The molecule has 0 saturated carbocycles. The molecule has 8 heteroatoms. The highest BCUT2D eigenvalue weighted by Crippen LogP contribution is 1.94. The molecule has 1 amide bonds. The molecule has 0 saturated heterocycles. The van der Waals surface area contributed by atoms with Gasteiger partial charge in [-0.25, -0.2) is 0 Å². The van der Waals surface area contributed by atoms with Gasteiger partial charge in [-0.3, -0.25) is 10.1 Å². The number of tetrazole rings is 1. The van der Waals surface area contributed by atoms with Crippen molar-refractivity contribution in [3.8, 4) is 0 Å². The topological polar surface area (TPSA) is 84.7 Å². The van der Waals surface area contributed by atoms with Gasteiger partial charge in [0.2, 0.25) is 5.91 Å². The van der Waals surface area contributed by atoms with E-state index in [0.717, 1.165) is 6.42 Å². The molecule has 0 atom stereocenters. The second-order valence-corrected chi connectivity index (χ2v) is 3.25. The molecule has 0 bridgehead atoms. The molecule has 0 fully saturated rings. The van der Waals surface area contributed by atoms with Crippen LogP contribution in [0, 0.1) is 0 Å². The van der Waals surface area contributed by atoms with Gasteiger partial charge in [-0.15, -0.1) is 5.10 Å². The van der Waals surface area contributed by atoms with E-state index in [4.69, 9.17) is 12.2 Å². The number of hydrogen-bond donors (Lipinski definition) is 2. The Morgan fingerprint density at radius 1 is 1.60 bits per heavy atom. The van der Waals surface area contributed by atoms with Gasteiger partial charge in [0.05, 0.1) is 6.54 Å². The summed E-state index contributed by atoms with van der Waals surface area (Å²) in [6, 6.07) is 0. The molecule has 1 heterocycles. The van der Waals surface area contributed by atoms with Crippen molar-refractivity contribution >= 4 is 29.2 Å². The highest BCUT2D eigenvalue weighted by molar-refractivity contribution is 7.80. The molecule has 0 aliphatic rings. The molecule has 0 radical (unpaired) electrons. The maximum absolute atomic E-state index is 10.7. The molecule has 0 aliphatic heterocycles. The van der Waals surface area contributed by atoms with Crippen molar-refractivity contribution in [2.75, 3.05) is 5.32 Å². The standard InChI is InChI=1S/C7H12N6OS/c1-3-4-13-11-6(10-12-13)9-7(15)8-5(2)14/h3-4H2,1-2H3,(H2,8,9,11,14,15). The quantitative estimate of drug-likeness (QED) is 0.704. The Bertz CT molecular complexity index is 362. The van der Waals surface area contributed by atoms with Crippen LogP contribution in [0.1, 0.15) is 20.3 Å². The third-order valence-corrected chi connectivity index (χ3v) is 1.60. The van der Waals surface area contributed by atoms with Crippen molar-refractivity contribution in [2.45, 2.75) is 26.8 Å². The molecule has 0 unspecified atom stereocenters. The smallest absolute Gasteiger partial charge is 0.269 e. The zero-order chi connectivity index (χ0) is 11.3. The van der Waals surface area contributed by atoms with Gasteiger partial charge in [0.1, 0.15) is 0 Å². The predicted octanol–water partition coefficient (Wildman–Crippen LogP) is -0.0840. The van der Waals surface area contributed by atoms with Gasteiger partial charge in [0, 0.05) is 6.92 Å². The van der Waals surface area contributed by atoms with Crippen LogP contribution in [0.4, 0.5) is 5.95 Å². The average Bonchev–Trinajstić information content (AvgIpc) is 2.51. The number of carbonyl (C=O) groups is 1. The van der Waals surface area contributed by atoms with E-state index in [9.17, 15) is 4.79 Å². The number of aromatic nitrogens is 4. The number of rotatable bonds is 3. The highest BCUT2D eigenvalue weighted by atomic mass is 32.1. The zero-order valence-electron chi connectivity index (χ0n) is 8.52. The van der Waals surface area contributed by atoms with Crippen LogP contribution in [0.5, 0.6) is 0 Å². The van der Waals surface area contributed by atoms with Gasteiger partial charge in [-0.1, -0.05) is 12.0 Å². The maximum Gasteiger partial charge on any atom is 0.269 e. The summed E-state index contributed by atoms with van der Waals surface area (Å²) >= 11 is 4.83. The van der Waals surface area contributed by atoms with E-state index in [1.165, 1.54) is 11.7 Å². The summed E-state index contributed by atoms with van der Waals surface area (Å²) < 4.78 is 0. The molecule has 0 aliphatic carbocycles. The summed E-state index contributed by atoms with van der Waals surface area (Å²) in [7, 11) is 0. The lowest BCUT2D eigenvalue weighted by molar-refractivity contribution is -0.117. The molecule has 2 N–H and O–H groups in total. The number of anilines is 1. The van der Waals surface area contributed by atoms with Crippen LogP contribution in [-0.2, 0) is 11.3 Å². The van der Waals surface area contributed by atoms with Crippen LogP contribution in [0.25, 0.3) is 0 Å². The van der Waals surface area contributed by atoms with Crippen LogP contribution in [0.15, 0.2) is 0 Å². The third kappa shape index (κ3) is 3.98. The maximum atomic E-state index is 10.7. The first-order chi connectivity index (χ1) is 7.11. The van der Waals surface area contributed by atoms with E-state index < -0.39 is 0 Å². The number of amides is 1. The van der Waals surface area contributed by atoms with Crippen LogP contribution < -0.4 is 10.6 Å². The molecule has 82 valence electrons. The Balaban J connectivity index is 2.49. The van der Waals surface area contributed by atoms with Crippen molar-refractivity contribution in [3.63, 3.8) is 0 Å². The summed E-state index contributed by atoms with van der Waals surface area (Å²) in [5.41, 5.74) is 0. The first-order valence-corrected chi connectivity index (χ1v) is 4.89. The lowest BCUT2D eigenvalue weighted by Gasteiger charge is -2.02. The van der Waals surface area contributed by atoms with Crippen LogP contribution in [-0.4, -0.2) is 31.2 Å². The van der Waals surface area contributed by atoms with E-state index in [1.807, 2.05) is 6.92 Å². The Kier molecular flexibility index (Phi) is 4.10. The SMILES string of the molecule is CCCn1nnc(NC(=S)NC(C)=O)n1. The Morgan fingerprint density at radius 2 is 2.33 bits per heavy atom. The molecular weight excluding hydrogens is 216 g/mol. The summed E-state index contributed by atoms with van der Waals surface area (Å²) in [6.45, 7) is 4.08. The van der Waals surface area contributed by atoms with Gasteiger partial charge >= 0.3 is 0 Å². The van der Waals surface area contributed by atoms with Gasteiger partial charge in [-0.2, -0.15) is 4.80 Å². The largest absolute Gasteiger partial charge is 0.303 e. The van der Waals surface area contributed by atoms with E-state index >= 15 is 0 Å². The lowest BCUT2D eigenvalue weighted by atomic mass is 10.5. The van der Waals surface area contributed by atoms with Crippen molar-refractivity contribution in [1.29, 1.82) is 0 Å². The molecular formula is C7H12N6OS. The minimum absolute atomic E-state index is 0.165. The molecule has 1 aromatic heterocycles. The monoisotopic (exact) mass is 228 g/mol. The van der Waals surface area contributed by atoms with E-state index in [2.05, 4.69) is 26.0 Å². The molecule has 15 heavy (non-hydrogen) atoms. The molecule has 7 nitrogen and oxygen atoms in total. The molecule has 1 aromatic rings. The fourth-order valence-corrected chi connectivity index (χ4v) is 1.12. The predicted molar refractivity (Wildman–Crippen MR) is 58.1 cm³/mol. The van der Waals surface area contributed by atoms with E-state index in [-0.39, 0.29) is 17.0 Å². The first-order valence-electron chi connectivity index (χ1n) is 4.48. The van der Waals surface area contributed by atoms with Gasteiger partial charge in [0.25, 0.3) is 5.95 Å². The zero-order valence-corrected chi connectivity index (χ0v) is 9.34. The second-order valence-electron chi connectivity index (χ2n) is 2.84. The number of nitrogens with zero attached hydrogens (tertiary/aromatic N) is 4. The van der Waals surface area contributed by atoms with Crippen molar-refractivity contribution < 1.29 is 4.79 Å². The number of thiocarbonyl (C=S) groups is 1. The summed E-state index contributed by atoms with van der Waals surface area (Å²) in [5.74, 6) is 0.0376. The second kappa shape index (κ2) is 5.35. The average molecular weight is 228 g/mol. The Labute approximate surface area is 92.2 Å². The summed E-state index contributed by atoms with van der Waals surface area (Å²) in [5, 5.41) is 16.7. The van der Waals surface area contributed by atoms with E-state index in [0.29, 0.717) is 6.54 Å². The number of nitrogens with one attached hydrogen (secondary N) is 2. The Morgan fingerprint density at radius 3 is 2.93 bits per heavy atom. The van der Waals surface area contributed by atoms with Gasteiger partial charge in [0.15, 0.2) is 5.11 Å². The van der Waals surface area contributed by atoms with Crippen LogP contribution >= 0.6 is 12.2 Å². The minimum atomic E-state index is -0.242. The minimum Gasteiger partial charge on any atom is -0.303 e. The van der Waals surface area contributed by atoms with Gasteiger partial charge in [-0.05, 0) is 23.9 Å².